The third kappa shape index (κ3) is 4.25. The summed E-state index contributed by atoms with van der Waals surface area (Å²) in [6, 6.07) is -0.462. The number of rotatable bonds is 3. The summed E-state index contributed by atoms with van der Waals surface area (Å²) in [5.74, 6) is -0.452. The van der Waals surface area contributed by atoms with Crippen molar-refractivity contribution in [3.63, 3.8) is 0 Å². The molecule has 0 spiro atoms. The van der Waals surface area contributed by atoms with Gasteiger partial charge in [0.2, 0.25) is 5.91 Å². The van der Waals surface area contributed by atoms with Gasteiger partial charge in [0.25, 0.3) is 0 Å². The van der Waals surface area contributed by atoms with Gasteiger partial charge in [-0.05, 0) is 32.4 Å². The van der Waals surface area contributed by atoms with Crippen LogP contribution in [0.3, 0.4) is 0 Å². The van der Waals surface area contributed by atoms with Gasteiger partial charge >= 0.3 is 12.2 Å². The number of carbonyl (C=O) groups is 2. The molecule has 0 aliphatic carbocycles. The fourth-order valence-electron chi connectivity index (χ4n) is 2.69. The quantitative estimate of drug-likeness (QED) is 0.866. The second-order valence-corrected chi connectivity index (χ2v) is 5.71. The van der Waals surface area contributed by atoms with Gasteiger partial charge in [-0.2, -0.15) is 18.3 Å². The summed E-state index contributed by atoms with van der Waals surface area (Å²) < 4.78 is 39.3. The Kier molecular flexibility index (Phi) is 5.47. The maximum atomic E-state index is 12.7. The second-order valence-electron chi connectivity index (χ2n) is 5.71. The van der Waals surface area contributed by atoms with E-state index in [-0.39, 0.29) is 6.04 Å². The van der Waals surface area contributed by atoms with E-state index in [2.05, 4.69) is 15.7 Å². The fraction of sp³-hybridized carbons (Fsp3) is 0.643. The van der Waals surface area contributed by atoms with E-state index in [1.54, 1.807) is 6.92 Å². The number of hydrogen-bond acceptors (Lipinski definition) is 4. The zero-order valence-electron chi connectivity index (χ0n) is 13.4. The molecule has 0 radical (unpaired) electrons. The van der Waals surface area contributed by atoms with Crippen molar-refractivity contribution in [1.82, 2.24) is 25.3 Å². The van der Waals surface area contributed by atoms with Crippen LogP contribution in [-0.2, 0) is 11.0 Å². The number of carbonyl (C=O) groups excluding carboxylic acids is 2. The summed E-state index contributed by atoms with van der Waals surface area (Å²) in [6.07, 6.45) is -1.75. The maximum Gasteiger partial charge on any atom is 0.435 e. The largest absolute Gasteiger partial charge is 0.435 e. The summed E-state index contributed by atoms with van der Waals surface area (Å²) >= 11 is 0. The van der Waals surface area contributed by atoms with Crippen LogP contribution in [-0.4, -0.2) is 52.8 Å². The molecule has 1 aromatic heterocycles. The van der Waals surface area contributed by atoms with Gasteiger partial charge in [0, 0.05) is 19.8 Å². The highest BCUT2D eigenvalue weighted by atomic mass is 19.4. The fourth-order valence-corrected chi connectivity index (χ4v) is 2.69. The molecule has 24 heavy (non-hydrogen) atoms. The second kappa shape index (κ2) is 7.20. The van der Waals surface area contributed by atoms with Crippen molar-refractivity contribution in [2.75, 3.05) is 20.1 Å². The molecular weight excluding hydrogens is 327 g/mol. The molecule has 2 N–H and O–H groups in total. The molecule has 1 aliphatic rings. The number of amides is 3. The molecule has 2 heterocycles. The molecule has 7 nitrogen and oxygen atoms in total. The Morgan fingerprint density at radius 1 is 1.42 bits per heavy atom. The highest BCUT2D eigenvalue weighted by molar-refractivity contribution is 5.96. The molecule has 134 valence electrons. The Labute approximate surface area is 137 Å². The highest BCUT2D eigenvalue weighted by Crippen LogP contribution is 2.29. The van der Waals surface area contributed by atoms with Gasteiger partial charge in [-0.1, -0.05) is 0 Å². The summed E-state index contributed by atoms with van der Waals surface area (Å²) in [6.45, 7) is 2.68. The third-order valence-electron chi connectivity index (χ3n) is 4.09. The molecule has 1 aromatic rings. The first-order valence-corrected chi connectivity index (χ1v) is 7.61. The first-order valence-electron chi connectivity index (χ1n) is 7.61. The van der Waals surface area contributed by atoms with Crippen molar-refractivity contribution in [2.24, 2.45) is 0 Å². The van der Waals surface area contributed by atoms with Gasteiger partial charge < -0.3 is 5.32 Å². The van der Waals surface area contributed by atoms with E-state index in [4.69, 9.17) is 0 Å². The lowest BCUT2D eigenvalue weighted by Crippen LogP contribution is -2.51. The molecule has 2 unspecified atom stereocenters. The Hall–Kier alpha value is -2.10. The lowest BCUT2D eigenvalue weighted by molar-refractivity contribution is -0.141. The molecule has 1 aliphatic heterocycles. The zero-order valence-corrected chi connectivity index (χ0v) is 13.4. The average Bonchev–Trinajstić information content (AvgIpc) is 3.04. The van der Waals surface area contributed by atoms with E-state index in [0.717, 1.165) is 12.5 Å². The van der Waals surface area contributed by atoms with Crippen molar-refractivity contribution in [2.45, 2.75) is 38.0 Å². The van der Waals surface area contributed by atoms with E-state index < -0.39 is 29.9 Å². The topological polar surface area (TPSA) is 79.3 Å². The van der Waals surface area contributed by atoms with Gasteiger partial charge in [0.1, 0.15) is 0 Å². The van der Waals surface area contributed by atoms with Crippen LogP contribution in [0.2, 0.25) is 0 Å². The summed E-state index contributed by atoms with van der Waals surface area (Å²) in [7, 11) is 1.40. The van der Waals surface area contributed by atoms with Crippen molar-refractivity contribution < 1.29 is 22.8 Å². The SMILES string of the molecule is CNC(=O)NC(=O)C(C)N1CCCC(n2ccc(C(F)(F)F)n2)C1. The van der Waals surface area contributed by atoms with E-state index in [0.29, 0.717) is 19.5 Å². The molecule has 0 bridgehead atoms. The number of nitrogens with zero attached hydrogens (tertiary/aromatic N) is 3. The minimum absolute atomic E-state index is 0.245. The van der Waals surface area contributed by atoms with Crippen LogP contribution in [0, 0.1) is 0 Å². The lowest BCUT2D eigenvalue weighted by atomic mass is 10.0. The van der Waals surface area contributed by atoms with E-state index >= 15 is 0 Å². The summed E-state index contributed by atoms with van der Waals surface area (Å²) in [4.78, 5) is 25.1. The Bertz CT molecular complexity index is 601. The van der Waals surface area contributed by atoms with Crippen molar-refractivity contribution in [1.29, 1.82) is 0 Å². The minimum atomic E-state index is -4.47. The van der Waals surface area contributed by atoms with Gasteiger partial charge in [0.05, 0.1) is 12.1 Å². The third-order valence-corrected chi connectivity index (χ3v) is 4.09. The number of alkyl halides is 3. The van der Waals surface area contributed by atoms with Gasteiger partial charge in [0.15, 0.2) is 5.69 Å². The number of piperidine rings is 1. The molecule has 0 saturated carbocycles. The van der Waals surface area contributed by atoms with Crippen molar-refractivity contribution in [3.8, 4) is 0 Å². The number of nitrogens with one attached hydrogen (secondary N) is 2. The van der Waals surface area contributed by atoms with Crippen LogP contribution < -0.4 is 10.6 Å². The Balaban J connectivity index is 2.02. The van der Waals surface area contributed by atoms with E-state index in [9.17, 15) is 22.8 Å². The van der Waals surface area contributed by atoms with Crippen LogP contribution in [0.15, 0.2) is 12.3 Å². The number of likely N-dealkylation sites (tertiary alicyclic amines) is 1. The van der Waals surface area contributed by atoms with Crippen LogP contribution in [0.5, 0.6) is 0 Å². The number of imide groups is 1. The molecule has 10 heteroatoms. The Morgan fingerprint density at radius 3 is 2.71 bits per heavy atom. The number of halogens is 3. The number of urea groups is 1. The predicted octanol–water partition coefficient (Wildman–Crippen LogP) is 1.38. The monoisotopic (exact) mass is 347 g/mol. The molecule has 0 aromatic carbocycles. The smallest absolute Gasteiger partial charge is 0.341 e. The van der Waals surface area contributed by atoms with Crippen molar-refractivity contribution in [3.05, 3.63) is 18.0 Å². The van der Waals surface area contributed by atoms with Crippen LogP contribution in [0.1, 0.15) is 31.5 Å². The first kappa shape index (κ1) is 18.2. The summed E-state index contributed by atoms with van der Waals surface area (Å²) in [5.41, 5.74) is -0.926. The molecule has 2 rings (SSSR count). The number of hydrogen-bond donors (Lipinski definition) is 2. The summed E-state index contributed by atoms with van der Waals surface area (Å²) in [5, 5.41) is 8.10. The van der Waals surface area contributed by atoms with E-state index in [1.165, 1.54) is 17.9 Å². The standard InChI is InChI=1S/C14H20F3N5O2/c1-9(12(23)19-13(24)18-2)21-6-3-4-10(8-21)22-7-5-11(20-22)14(15,16)17/h5,7,9-10H,3-4,6,8H2,1-2H3,(H2,18,19,23,24). The lowest BCUT2D eigenvalue weighted by Gasteiger charge is -2.36. The Morgan fingerprint density at radius 2 is 2.12 bits per heavy atom. The van der Waals surface area contributed by atoms with Crippen LogP contribution >= 0.6 is 0 Å². The molecule has 3 amide bonds. The average molecular weight is 347 g/mol. The van der Waals surface area contributed by atoms with Gasteiger partial charge in [-0.3, -0.25) is 19.7 Å². The molecule has 1 fully saturated rings. The predicted molar refractivity (Wildman–Crippen MR) is 79.1 cm³/mol. The van der Waals surface area contributed by atoms with Gasteiger partial charge in [-0.25, -0.2) is 4.79 Å². The minimum Gasteiger partial charge on any atom is -0.341 e. The normalized spacial score (nSPS) is 20.5. The highest BCUT2D eigenvalue weighted by Gasteiger charge is 2.35. The van der Waals surface area contributed by atoms with Gasteiger partial charge in [-0.15, -0.1) is 0 Å². The van der Waals surface area contributed by atoms with Crippen LogP contribution in [0.4, 0.5) is 18.0 Å². The zero-order chi connectivity index (χ0) is 17.9. The molecular formula is C14H20F3N5O2. The first-order chi connectivity index (χ1) is 11.2. The van der Waals surface area contributed by atoms with Crippen LogP contribution in [0.25, 0.3) is 0 Å². The van der Waals surface area contributed by atoms with E-state index in [1.807, 2.05) is 4.90 Å². The molecule has 1 saturated heterocycles. The number of aromatic nitrogens is 2. The molecule has 2 atom stereocenters. The maximum absolute atomic E-state index is 12.7. The van der Waals surface area contributed by atoms with Crippen molar-refractivity contribution >= 4 is 11.9 Å².